The summed E-state index contributed by atoms with van der Waals surface area (Å²) in [5.74, 6) is 0. The lowest BCUT2D eigenvalue weighted by molar-refractivity contribution is 0.444. The third kappa shape index (κ3) is 2.95. The molecule has 0 aliphatic rings. The molecule has 15 heavy (non-hydrogen) atoms. The first-order valence-electron chi connectivity index (χ1n) is 5.55. The van der Waals surface area contributed by atoms with Crippen molar-refractivity contribution in [3.63, 3.8) is 0 Å². The number of hydrogen-bond acceptors (Lipinski definition) is 0. The maximum atomic E-state index is 4.08. The van der Waals surface area contributed by atoms with Crippen LogP contribution in [0.4, 0.5) is 0 Å². The molecule has 0 atom stereocenters. The average molecular weight is 202 g/mol. The first kappa shape index (κ1) is 12.0. The van der Waals surface area contributed by atoms with Crippen molar-refractivity contribution in [3.8, 4) is 0 Å². The van der Waals surface area contributed by atoms with Gasteiger partial charge in [-0.25, -0.2) is 0 Å². The Kier molecular flexibility index (Phi) is 3.38. The second-order valence-corrected chi connectivity index (χ2v) is 5.27. The van der Waals surface area contributed by atoms with Crippen LogP contribution in [-0.2, 0) is 6.42 Å². The Morgan fingerprint density at radius 1 is 1.27 bits per heavy atom. The minimum atomic E-state index is 0.193. The molecule has 1 aromatic rings. The lowest BCUT2D eigenvalue weighted by atomic mass is 9.79. The fourth-order valence-electron chi connectivity index (χ4n) is 1.62. The van der Waals surface area contributed by atoms with Gasteiger partial charge in [0, 0.05) is 0 Å². The molecular weight excluding hydrogens is 180 g/mol. The first-order valence-corrected chi connectivity index (χ1v) is 5.55. The third-order valence-corrected chi connectivity index (χ3v) is 3.29. The summed E-state index contributed by atoms with van der Waals surface area (Å²) in [6, 6.07) is 6.67. The van der Waals surface area contributed by atoms with Gasteiger partial charge in [0.1, 0.15) is 0 Å². The monoisotopic (exact) mass is 202 g/mol. The van der Waals surface area contributed by atoms with Crippen LogP contribution in [0, 0.1) is 19.3 Å². The van der Waals surface area contributed by atoms with Crippen molar-refractivity contribution >= 4 is 0 Å². The Hall–Kier alpha value is -1.04. The van der Waals surface area contributed by atoms with Gasteiger partial charge in [-0.15, -0.1) is 0 Å². The van der Waals surface area contributed by atoms with Gasteiger partial charge in [-0.05, 0) is 43.7 Å². The molecule has 0 spiro atoms. The summed E-state index contributed by atoms with van der Waals surface area (Å²) in [5, 5.41) is 0. The summed E-state index contributed by atoms with van der Waals surface area (Å²) in [6.07, 6.45) is 1.08. The van der Waals surface area contributed by atoms with Crippen molar-refractivity contribution in [2.24, 2.45) is 5.41 Å². The summed E-state index contributed by atoms with van der Waals surface area (Å²) >= 11 is 0. The van der Waals surface area contributed by atoms with Crippen LogP contribution < -0.4 is 0 Å². The van der Waals surface area contributed by atoms with Crippen molar-refractivity contribution in [1.82, 2.24) is 0 Å². The van der Waals surface area contributed by atoms with Crippen LogP contribution >= 0.6 is 0 Å². The van der Waals surface area contributed by atoms with Crippen molar-refractivity contribution < 1.29 is 0 Å². The van der Waals surface area contributed by atoms with Gasteiger partial charge >= 0.3 is 0 Å². The van der Waals surface area contributed by atoms with Gasteiger partial charge in [-0.2, -0.15) is 0 Å². The lowest BCUT2D eigenvalue weighted by Gasteiger charge is -2.26. The van der Waals surface area contributed by atoms with Crippen LogP contribution in [0.2, 0.25) is 0 Å². The van der Waals surface area contributed by atoms with Crippen molar-refractivity contribution in [3.05, 3.63) is 47.0 Å². The van der Waals surface area contributed by atoms with Crippen molar-refractivity contribution in [1.29, 1.82) is 0 Å². The normalized spacial score (nSPS) is 11.5. The molecule has 0 aromatic heterocycles. The van der Waals surface area contributed by atoms with Gasteiger partial charge in [0.25, 0.3) is 0 Å². The molecular formula is C15H22. The zero-order chi connectivity index (χ0) is 11.6. The molecule has 1 rings (SSSR count). The Bertz CT molecular complexity index is 370. The van der Waals surface area contributed by atoms with E-state index in [4.69, 9.17) is 0 Å². The summed E-state index contributed by atoms with van der Waals surface area (Å²) in [5.41, 5.74) is 5.62. The predicted octanol–water partition coefficient (Wildman–Crippen LogP) is 4.45. The standard InChI is InChI=1S/C15H22/c1-11(2)15(5,6)10-14-9-12(3)7-8-13(14)4/h7-9H,1,10H2,2-6H3. The Morgan fingerprint density at radius 2 is 1.87 bits per heavy atom. The molecule has 0 amide bonds. The van der Waals surface area contributed by atoms with Crippen LogP contribution in [0.5, 0.6) is 0 Å². The van der Waals surface area contributed by atoms with Crippen molar-refractivity contribution in [2.45, 2.75) is 41.0 Å². The zero-order valence-corrected chi connectivity index (χ0v) is 10.6. The molecule has 0 aliphatic heterocycles. The van der Waals surface area contributed by atoms with E-state index in [-0.39, 0.29) is 5.41 Å². The Balaban J connectivity index is 2.99. The van der Waals surface area contributed by atoms with Gasteiger partial charge in [0.05, 0.1) is 0 Å². The molecule has 0 aliphatic carbocycles. The summed E-state index contributed by atoms with van der Waals surface area (Å²) < 4.78 is 0. The second-order valence-electron chi connectivity index (χ2n) is 5.27. The van der Waals surface area contributed by atoms with Crippen LogP contribution in [0.25, 0.3) is 0 Å². The predicted molar refractivity (Wildman–Crippen MR) is 68.2 cm³/mol. The highest BCUT2D eigenvalue weighted by molar-refractivity contribution is 5.32. The molecule has 0 unspecified atom stereocenters. The third-order valence-electron chi connectivity index (χ3n) is 3.29. The van der Waals surface area contributed by atoms with Crippen LogP contribution in [-0.4, -0.2) is 0 Å². The van der Waals surface area contributed by atoms with Gasteiger partial charge in [-0.3, -0.25) is 0 Å². The molecule has 82 valence electrons. The molecule has 0 fully saturated rings. The summed E-state index contributed by atoms with van der Waals surface area (Å²) in [6.45, 7) is 15.0. The Morgan fingerprint density at radius 3 is 2.40 bits per heavy atom. The molecule has 0 N–H and O–H groups in total. The van der Waals surface area contributed by atoms with Gasteiger partial charge in [0.15, 0.2) is 0 Å². The van der Waals surface area contributed by atoms with E-state index in [1.807, 2.05) is 0 Å². The highest BCUT2D eigenvalue weighted by Crippen LogP contribution is 2.30. The highest BCUT2D eigenvalue weighted by Gasteiger charge is 2.19. The van der Waals surface area contributed by atoms with Crippen molar-refractivity contribution in [2.75, 3.05) is 0 Å². The molecule has 0 saturated heterocycles. The fraction of sp³-hybridized carbons (Fsp3) is 0.467. The van der Waals surface area contributed by atoms with E-state index in [1.54, 1.807) is 0 Å². The van der Waals surface area contributed by atoms with E-state index in [9.17, 15) is 0 Å². The quantitative estimate of drug-likeness (QED) is 0.635. The van der Waals surface area contributed by atoms with E-state index in [0.717, 1.165) is 6.42 Å². The number of rotatable bonds is 3. The molecule has 0 radical (unpaired) electrons. The average Bonchev–Trinajstić information content (AvgIpc) is 2.10. The largest absolute Gasteiger partial charge is 0.0996 e. The molecule has 0 bridgehead atoms. The van der Waals surface area contributed by atoms with E-state index < -0.39 is 0 Å². The summed E-state index contributed by atoms with van der Waals surface area (Å²) in [7, 11) is 0. The van der Waals surface area contributed by atoms with E-state index in [0.29, 0.717) is 0 Å². The molecule has 0 heterocycles. The number of benzene rings is 1. The number of hydrogen-bond donors (Lipinski definition) is 0. The Labute approximate surface area is 94.0 Å². The lowest BCUT2D eigenvalue weighted by Crippen LogP contribution is -2.16. The molecule has 0 saturated carbocycles. The van der Waals surface area contributed by atoms with E-state index in [1.165, 1.54) is 22.3 Å². The maximum absolute atomic E-state index is 4.08. The van der Waals surface area contributed by atoms with Crippen LogP contribution in [0.15, 0.2) is 30.4 Å². The van der Waals surface area contributed by atoms with Crippen LogP contribution in [0.3, 0.4) is 0 Å². The van der Waals surface area contributed by atoms with Gasteiger partial charge < -0.3 is 0 Å². The highest BCUT2D eigenvalue weighted by atomic mass is 14.2. The van der Waals surface area contributed by atoms with E-state index in [2.05, 4.69) is 59.4 Å². The smallest absolute Gasteiger partial charge is 0.0110 e. The zero-order valence-electron chi connectivity index (χ0n) is 10.6. The van der Waals surface area contributed by atoms with E-state index >= 15 is 0 Å². The van der Waals surface area contributed by atoms with Crippen LogP contribution in [0.1, 0.15) is 37.5 Å². The minimum Gasteiger partial charge on any atom is -0.0996 e. The second kappa shape index (κ2) is 4.22. The first-order chi connectivity index (χ1) is 6.83. The molecule has 0 nitrogen and oxygen atoms in total. The number of allylic oxidation sites excluding steroid dienone is 1. The molecule has 0 heteroatoms. The van der Waals surface area contributed by atoms with Gasteiger partial charge in [0.2, 0.25) is 0 Å². The topological polar surface area (TPSA) is 0 Å². The number of aryl methyl sites for hydroxylation is 2. The maximum Gasteiger partial charge on any atom is -0.0110 e. The minimum absolute atomic E-state index is 0.193. The summed E-state index contributed by atoms with van der Waals surface area (Å²) in [4.78, 5) is 0. The molecule has 1 aromatic carbocycles. The fourth-order valence-corrected chi connectivity index (χ4v) is 1.62. The van der Waals surface area contributed by atoms with Gasteiger partial charge in [-0.1, -0.05) is 49.8 Å². The SMILES string of the molecule is C=C(C)C(C)(C)Cc1cc(C)ccc1C.